The third kappa shape index (κ3) is 3.57. The van der Waals surface area contributed by atoms with Crippen molar-refractivity contribution in [3.8, 4) is 0 Å². The van der Waals surface area contributed by atoms with Crippen molar-refractivity contribution in [2.75, 3.05) is 0 Å². The summed E-state index contributed by atoms with van der Waals surface area (Å²) in [6.07, 6.45) is 3.07. The lowest BCUT2D eigenvalue weighted by Gasteiger charge is -1.90. The van der Waals surface area contributed by atoms with Crippen molar-refractivity contribution in [1.82, 2.24) is 5.43 Å². The molecule has 0 spiro atoms. The predicted octanol–water partition coefficient (Wildman–Crippen LogP) is 1.46. The summed E-state index contributed by atoms with van der Waals surface area (Å²) in [5.74, 6) is -0.321. The van der Waals surface area contributed by atoms with Crippen molar-refractivity contribution < 1.29 is 4.79 Å². The second kappa shape index (κ2) is 5.16. The van der Waals surface area contributed by atoms with Gasteiger partial charge in [-0.1, -0.05) is 30.3 Å². The van der Waals surface area contributed by atoms with Gasteiger partial charge in [0.05, 0.1) is 12.4 Å². The molecule has 0 saturated heterocycles. The zero-order chi connectivity index (χ0) is 9.52. The van der Waals surface area contributed by atoms with Crippen LogP contribution in [0.5, 0.6) is 0 Å². The minimum absolute atomic E-state index is 0.321. The zero-order valence-electron chi connectivity index (χ0n) is 6.81. The van der Waals surface area contributed by atoms with E-state index in [1.54, 1.807) is 6.08 Å². The molecule has 3 nitrogen and oxygen atoms in total. The van der Waals surface area contributed by atoms with E-state index in [1.165, 1.54) is 6.08 Å². The zero-order valence-corrected chi connectivity index (χ0v) is 7.62. The molecule has 0 heterocycles. The molecule has 66 valence electrons. The molecule has 0 saturated carbocycles. The van der Waals surface area contributed by atoms with Gasteiger partial charge in [-0.15, -0.1) is 4.47 Å². The molecule has 0 bridgehead atoms. The normalized spacial score (nSPS) is 9.85. The second-order valence-corrected chi connectivity index (χ2v) is 2.49. The van der Waals surface area contributed by atoms with Gasteiger partial charge >= 0.3 is 0 Å². The molecule has 4 heteroatoms. The van der Waals surface area contributed by atoms with Crippen LogP contribution in [0.1, 0.15) is 5.56 Å². The van der Waals surface area contributed by atoms with Crippen LogP contribution in [0.2, 0.25) is 0 Å². The third-order valence-electron chi connectivity index (χ3n) is 1.38. The molecule has 0 aromatic heterocycles. The molecule has 0 aliphatic heterocycles. The monoisotopic (exact) mass is 192 g/mol. The van der Waals surface area contributed by atoms with Crippen LogP contribution in [0.4, 0.5) is 0 Å². The van der Waals surface area contributed by atoms with Crippen molar-refractivity contribution in [1.29, 1.82) is 0 Å². The first-order valence-corrected chi connectivity index (χ1v) is 4.05. The van der Waals surface area contributed by atoms with Gasteiger partial charge in [0.2, 0.25) is 0 Å². The number of carbonyl (C=O) groups excluding carboxylic acids is 1. The number of hydrogen-bond acceptors (Lipinski definition) is 3. The first-order valence-electron chi connectivity index (χ1n) is 3.68. The van der Waals surface area contributed by atoms with Gasteiger partial charge in [-0.05, 0) is 11.6 Å². The molecule has 1 N–H and O–H groups in total. The standard InChI is InChI=1S/C9H8N2OS/c12-9(10-11-13)7-6-8-4-2-1-3-5-8/h1-7H,(H,10,12,13). The maximum atomic E-state index is 10.9. The number of benzene rings is 1. The van der Waals surface area contributed by atoms with Gasteiger partial charge in [-0.25, -0.2) is 5.43 Å². The Morgan fingerprint density at radius 3 is 2.69 bits per heavy atom. The summed E-state index contributed by atoms with van der Waals surface area (Å²) in [6, 6.07) is 9.50. The van der Waals surface area contributed by atoms with Crippen LogP contribution in [-0.4, -0.2) is 5.91 Å². The van der Waals surface area contributed by atoms with E-state index in [-0.39, 0.29) is 5.91 Å². The number of hydrogen-bond donors (Lipinski definition) is 1. The number of nitrogens with one attached hydrogen (secondary N) is 1. The van der Waals surface area contributed by atoms with E-state index >= 15 is 0 Å². The molecule has 1 amide bonds. The lowest BCUT2D eigenvalue weighted by Crippen LogP contribution is -2.12. The minimum atomic E-state index is -0.321. The van der Waals surface area contributed by atoms with E-state index < -0.39 is 0 Å². The largest absolute Gasteiger partial charge is 0.268 e. The molecular formula is C9H8N2OS. The molecule has 0 aliphatic carbocycles. The van der Waals surface area contributed by atoms with Gasteiger partial charge in [0.25, 0.3) is 5.91 Å². The van der Waals surface area contributed by atoms with Crippen molar-refractivity contribution >= 4 is 24.4 Å². The van der Waals surface area contributed by atoms with Gasteiger partial charge in [0, 0.05) is 6.08 Å². The van der Waals surface area contributed by atoms with Crippen LogP contribution in [0, 0.1) is 0 Å². The van der Waals surface area contributed by atoms with Gasteiger partial charge in [0.1, 0.15) is 0 Å². The fourth-order valence-corrected chi connectivity index (χ4v) is 0.908. The van der Waals surface area contributed by atoms with Gasteiger partial charge in [0.15, 0.2) is 0 Å². The highest BCUT2D eigenvalue weighted by atomic mass is 32.1. The molecule has 0 radical (unpaired) electrons. The number of nitrogens with zero attached hydrogens (tertiary/aromatic N) is 1. The first kappa shape index (κ1) is 9.54. The summed E-state index contributed by atoms with van der Waals surface area (Å²) in [4.78, 5) is 10.9. The average Bonchev–Trinajstić information content (AvgIpc) is 2.17. The van der Waals surface area contributed by atoms with Crippen molar-refractivity contribution in [2.24, 2.45) is 4.47 Å². The van der Waals surface area contributed by atoms with E-state index in [2.05, 4.69) is 22.3 Å². The molecule has 0 atom stereocenters. The lowest BCUT2D eigenvalue weighted by molar-refractivity contribution is -0.116. The highest BCUT2D eigenvalue weighted by molar-refractivity contribution is 7.47. The number of carbonyl (C=O) groups is 1. The second-order valence-electron chi connectivity index (χ2n) is 2.31. The summed E-state index contributed by atoms with van der Waals surface area (Å²) in [5, 5.41) is 0. The Balaban J connectivity index is 2.58. The molecular weight excluding hydrogens is 184 g/mol. The average molecular weight is 192 g/mol. The molecule has 13 heavy (non-hydrogen) atoms. The Labute approximate surface area is 81.6 Å². The van der Waals surface area contributed by atoms with E-state index in [1.807, 2.05) is 30.3 Å². The molecule has 1 aromatic rings. The van der Waals surface area contributed by atoms with Crippen molar-refractivity contribution in [2.45, 2.75) is 0 Å². The summed E-state index contributed by atoms with van der Waals surface area (Å²) in [6.45, 7) is 0. The van der Waals surface area contributed by atoms with Gasteiger partial charge < -0.3 is 0 Å². The van der Waals surface area contributed by atoms with E-state index in [0.29, 0.717) is 0 Å². The summed E-state index contributed by atoms with van der Waals surface area (Å²) in [7, 11) is 0. The molecule has 0 aliphatic rings. The van der Waals surface area contributed by atoms with E-state index in [9.17, 15) is 4.79 Å². The van der Waals surface area contributed by atoms with E-state index in [0.717, 1.165) is 5.56 Å². The van der Waals surface area contributed by atoms with Gasteiger partial charge in [-0.3, -0.25) is 4.79 Å². The molecule has 1 rings (SSSR count). The Morgan fingerprint density at radius 2 is 2.08 bits per heavy atom. The quantitative estimate of drug-likeness (QED) is 0.582. The van der Waals surface area contributed by atoms with Crippen LogP contribution in [-0.2, 0) is 17.2 Å². The van der Waals surface area contributed by atoms with Crippen LogP contribution >= 0.6 is 0 Å². The summed E-state index contributed by atoms with van der Waals surface area (Å²) < 4.78 is 3.08. The Morgan fingerprint density at radius 1 is 1.38 bits per heavy atom. The Hall–Kier alpha value is -1.55. The smallest absolute Gasteiger partial charge is 0.264 e. The Bertz CT molecular complexity index is 322. The molecule has 1 aromatic carbocycles. The minimum Gasteiger partial charge on any atom is -0.268 e. The highest BCUT2D eigenvalue weighted by Crippen LogP contribution is 2.00. The first-order chi connectivity index (χ1) is 6.33. The van der Waals surface area contributed by atoms with Crippen LogP contribution in [0.15, 0.2) is 40.9 Å². The summed E-state index contributed by atoms with van der Waals surface area (Å²) >= 11 is 4.22. The van der Waals surface area contributed by atoms with Crippen molar-refractivity contribution in [3.05, 3.63) is 42.0 Å². The van der Waals surface area contributed by atoms with Crippen LogP contribution in [0.3, 0.4) is 0 Å². The van der Waals surface area contributed by atoms with Crippen molar-refractivity contribution in [3.63, 3.8) is 0 Å². The number of amides is 1. The fraction of sp³-hybridized carbons (Fsp3) is 0. The number of rotatable bonds is 3. The molecule has 0 fully saturated rings. The Kier molecular flexibility index (Phi) is 3.78. The summed E-state index contributed by atoms with van der Waals surface area (Å²) in [5.41, 5.74) is 3.09. The van der Waals surface area contributed by atoms with Gasteiger partial charge in [-0.2, -0.15) is 0 Å². The topological polar surface area (TPSA) is 41.5 Å². The maximum Gasteiger partial charge on any atom is 0.264 e. The SMILES string of the molecule is O=C(C=Cc1ccccc1)NN=S. The molecule has 0 unspecified atom stereocenters. The highest BCUT2D eigenvalue weighted by Gasteiger charge is 1.90. The fourth-order valence-electron chi connectivity index (χ4n) is 0.818. The predicted molar refractivity (Wildman–Crippen MR) is 53.4 cm³/mol. The van der Waals surface area contributed by atoms with Crippen LogP contribution < -0.4 is 5.43 Å². The van der Waals surface area contributed by atoms with E-state index in [4.69, 9.17) is 0 Å². The van der Waals surface area contributed by atoms with Crippen LogP contribution in [0.25, 0.3) is 6.08 Å². The third-order valence-corrected chi connectivity index (χ3v) is 1.47. The maximum absolute atomic E-state index is 10.9. The lowest BCUT2D eigenvalue weighted by atomic mass is 10.2.